The molecule has 0 saturated carbocycles. The largest absolute Gasteiger partial charge is 0.358 e. The summed E-state index contributed by atoms with van der Waals surface area (Å²) in [4.78, 5) is 6.01. The number of nitrogens with two attached hydrogens (primary N) is 1. The van der Waals surface area contributed by atoms with Crippen molar-refractivity contribution >= 4 is 33.0 Å². The Bertz CT molecular complexity index is 1090. The van der Waals surface area contributed by atoms with Crippen LogP contribution in [0, 0.1) is 6.92 Å². The summed E-state index contributed by atoms with van der Waals surface area (Å²) in [5.41, 5.74) is 4.07. The molecule has 29 heavy (non-hydrogen) atoms. The molecule has 0 aliphatic rings. The van der Waals surface area contributed by atoms with Crippen LogP contribution in [0.1, 0.15) is 16.7 Å². The fourth-order valence-electron chi connectivity index (χ4n) is 2.86. The molecule has 0 fully saturated rings. The molecular weight excluding hydrogens is 404 g/mol. The van der Waals surface area contributed by atoms with Crippen LogP contribution in [-0.4, -0.2) is 18.5 Å². The van der Waals surface area contributed by atoms with E-state index in [2.05, 4.69) is 16.4 Å². The minimum absolute atomic E-state index is 0.0624. The maximum Gasteiger partial charge on any atom is 0.238 e. The summed E-state index contributed by atoms with van der Waals surface area (Å²) in [6.45, 7) is 3.13. The van der Waals surface area contributed by atoms with Crippen molar-refractivity contribution in [1.82, 2.24) is 10.3 Å². The molecule has 1 aromatic heterocycles. The van der Waals surface area contributed by atoms with Gasteiger partial charge in [-0.2, -0.15) is 0 Å². The van der Waals surface area contributed by atoms with Gasteiger partial charge in [-0.15, -0.1) is 0 Å². The Balaban J connectivity index is 1.85. The number of rotatable bonds is 6. The number of sulfonamides is 1. The van der Waals surface area contributed by atoms with Crippen LogP contribution in [0.4, 0.5) is 5.69 Å². The van der Waals surface area contributed by atoms with E-state index in [1.54, 1.807) is 24.5 Å². The average molecular weight is 427 g/mol. The van der Waals surface area contributed by atoms with Crippen molar-refractivity contribution < 1.29 is 8.42 Å². The van der Waals surface area contributed by atoms with Gasteiger partial charge in [0.05, 0.1) is 11.4 Å². The van der Waals surface area contributed by atoms with Gasteiger partial charge in [-0.1, -0.05) is 29.8 Å². The number of hydrogen-bond acceptors (Lipinski definition) is 4. The highest BCUT2D eigenvalue weighted by Gasteiger charge is 2.15. The molecule has 8 heteroatoms. The number of thiocarbonyl (C=S) groups is 1. The minimum atomic E-state index is -3.75. The molecule has 0 aliphatic carbocycles. The molecule has 3 aromatic rings. The van der Waals surface area contributed by atoms with Crippen LogP contribution in [-0.2, 0) is 23.1 Å². The van der Waals surface area contributed by atoms with E-state index in [9.17, 15) is 8.42 Å². The second-order valence-electron chi connectivity index (χ2n) is 6.63. The molecule has 0 aliphatic heterocycles. The van der Waals surface area contributed by atoms with Gasteiger partial charge >= 0.3 is 0 Å². The molecule has 0 atom stereocenters. The molecule has 150 valence electrons. The van der Waals surface area contributed by atoms with Crippen LogP contribution in [0.25, 0.3) is 0 Å². The summed E-state index contributed by atoms with van der Waals surface area (Å²) in [6.07, 6.45) is 3.47. The lowest BCUT2D eigenvalue weighted by Gasteiger charge is -2.26. The smallest absolute Gasteiger partial charge is 0.238 e. The first-order chi connectivity index (χ1) is 13.8. The molecule has 6 nitrogen and oxygen atoms in total. The maximum absolute atomic E-state index is 11.6. The summed E-state index contributed by atoms with van der Waals surface area (Å²) in [7, 11) is -3.75. The fraction of sp³-hybridized carbons (Fsp3) is 0.143. The Labute approximate surface area is 176 Å². The number of primary sulfonamides is 1. The van der Waals surface area contributed by atoms with Gasteiger partial charge in [0.2, 0.25) is 10.0 Å². The number of nitrogens with zero attached hydrogens (tertiary/aromatic N) is 2. The Kier molecular flexibility index (Phi) is 6.58. The Hall–Kier alpha value is -2.81. The van der Waals surface area contributed by atoms with E-state index < -0.39 is 10.0 Å². The average Bonchev–Trinajstić information content (AvgIpc) is 2.70. The molecule has 0 bridgehead atoms. The molecular formula is C21H22N4O2S2. The van der Waals surface area contributed by atoms with Gasteiger partial charge in [-0.3, -0.25) is 4.98 Å². The minimum Gasteiger partial charge on any atom is -0.358 e. The van der Waals surface area contributed by atoms with Crippen LogP contribution in [0.15, 0.2) is 78.0 Å². The zero-order chi connectivity index (χ0) is 20.9. The van der Waals surface area contributed by atoms with Gasteiger partial charge in [-0.25, -0.2) is 13.6 Å². The first-order valence-electron chi connectivity index (χ1n) is 8.95. The number of anilines is 1. The van der Waals surface area contributed by atoms with E-state index in [-0.39, 0.29) is 4.90 Å². The number of aromatic nitrogens is 1. The third-order valence-electron chi connectivity index (χ3n) is 4.34. The van der Waals surface area contributed by atoms with Crippen LogP contribution in [0.2, 0.25) is 0 Å². The number of pyridine rings is 1. The monoisotopic (exact) mass is 426 g/mol. The highest BCUT2D eigenvalue weighted by atomic mass is 32.2. The second kappa shape index (κ2) is 9.13. The summed E-state index contributed by atoms with van der Waals surface area (Å²) in [5.74, 6) is 0. The highest BCUT2D eigenvalue weighted by molar-refractivity contribution is 7.89. The first kappa shape index (κ1) is 20.9. The molecule has 0 amide bonds. The van der Waals surface area contributed by atoms with Crippen LogP contribution >= 0.6 is 12.2 Å². The molecule has 0 spiro atoms. The van der Waals surface area contributed by atoms with Crippen molar-refractivity contribution in [2.24, 2.45) is 5.14 Å². The number of nitrogens with one attached hydrogen (secondary N) is 1. The summed E-state index contributed by atoms with van der Waals surface area (Å²) < 4.78 is 23.1. The SMILES string of the molecule is Cc1cccc(CN(C(=S)NCc2ccncc2)c2ccc(S(N)(=O)=O)cc2)c1. The Morgan fingerprint density at radius 1 is 1.07 bits per heavy atom. The molecule has 3 rings (SSSR count). The summed E-state index contributed by atoms with van der Waals surface area (Å²) in [5, 5.41) is 9.01. The number of hydrogen-bond donors (Lipinski definition) is 2. The van der Waals surface area contributed by atoms with E-state index in [1.165, 1.54) is 12.1 Å². The number of benzene rings is 2. The van der Waals surface area contributed by atoms with Crippen molar-refractivity contribution in [3.8, 4) is 0 Å². The van der Waals surface area contributed by atoms with Crippen LogP contribution in [0.5, 0.6) is 0 Å². The second-order valence-corrected chi connectivity index (χ2v) is 8.58. The Morgan fingerprint density at radius 2 is 1.76 bits per heavy atom. The normalized spacial score (nSPS) is 11.1. The summed E-state index contributed by atoms with van der Waals surface area (Å²) >= 11 is 5.65. The first-order valence-corrected chi connectivity index (χ1v) is 10.9. The molecule has 3 N–H and O–H groups in total. The molecule has 1 heterocycles. The predicted octanol–water partition coefficient (Wildman–Crippen LogP) is 3.12. The predicted molar refractivity (Wildman–Crippen MR) is 119 cm³/mol. The van der Waals surface area contributed by atoms with E-state index >= 15 is 0 Å². The van der Waals surface area contributed by atoms with Gasteiger partial charge in [0, 0.05) is 24.6 Å². The third kappa shape index (κ3) is 5.83. The molecule has 2 aromatic carbocycles. The van der Waals surface area contributed by atoms with Crippen molar-refractivity contribution in [2.75, 3.05) is 4.90 Å². The van der Waals surface area contributed by atoms with Gasteiger partial charge in [0.1, 0.15) is 0 Å². The van der Waals surface area contributed by atoms with Gasteiger partial charge in [0.25, 0.3) is 0 Å². The molecule has 0 radical (unpaired) electrons. The zero-order valence-electron chi connectivity index (χ0n) is 15.9. The Morgan fingerprint density at radius 3 is 2.38 bits per heavy atom. The van der Waals surface area contributed by atoms with Crippen molar-refractivity contribution in [3.63, 3.8) is 0 Å². The molecule has 0 unspecified atom stereocenters. The van der Waals surface area contributed by atoms with E-state index in [0.717, 1.165) is 22.4 Å². The topological polar surface area (TPSA) is 88.3 Å². The number of aryl methyl sites for hydroxylation is 1. The van der Waals surface area contributed by atoms with E-state index in [0.29, 0.717) is 18.2 Å². The van der Waals surface area contributed by atoms with Crippen molar-refractivity contribution in [3.05, 3.63) is 89.7 Å². The van der Waals surface area contributed by atoms with Crippen LogP contribution in [0.3, 0.4) is 0 Å². The lowest BCUT2D eigenvalue weighted by atomic mass is 10.1. The van der Waals surface area contributed by atoms with Crippen LogP contribution < -0.4 is 15.4 Å². The van der Waals surface area contributed by atoms with Crippen molar-refractivity contribution in [1.29, 1.82) is 0 Å². The van der Waals surface area contributed by atoms with Crippen molar-refractivity contribution in [2.45, 2.75) is 24.9 Å². The molecule has 0 saturated heterocycles. The fourth-order valence-corrected chi connectivity index (χ4v) is 3.62. The maximum atomic E-state index is 11.6. The zero-order valence-corrected chi connectivity index (χ0v) is 17.6. The summed E-state index contributed by atoms with van der Waals surface area (Å²) in [6, 6.07) is 18.4. The van der Waals surface area contributed by atoms with Gasteiger partial charge in [-0.05, 0) is 66.7 Å². The third-order valence-corrected chi connectivity index (χ3v) is 5.63. The quantitative estimate of drug-likeness (QED) is 0.589. The van der Waals surface area contributed by atoms with E-state index in [4.69, 9.17) is 17.4 Å². The standard InChI is InChI=1S/C21H22N4O2S2/c1-16-3-2-4-18(13-16)15-25(19-5-7-20(8-6-19)29(22,26)27)21(28)24-14-17-9-11-23-12-10-17/h2-13H,14-15H2,1H3,(H,24,28)(H2,22,26,27). The lowest BCUT2D eigenvalue weighted by Crippen LogP contribution is -2.39. The van der Waals surface area contributed by atoms with Gasteiger partial charge < -0.3 is 10.2 Å². The lowest BCUT2D eigenvalue weighted by molar-refractivity contribution is 0.598. The van der Waals surface area contributed by atoms with Gasteiger partial charge in [0.15, 0.2) is 5.11 Å². The van der Waals surface area contributed by atoms with E-state index in [1.807, 2.05) is 42.2 Å². The highest BCUT2D eigenvalue weighted by Crippen LogP contribution is 2.21.